The first-order chi connectivity index (χ1) is 13.7. The van der Waals surface area contributed by atoms with Crippen molar-refractivity contribution in [2.75, 3.05) is 13.1 Å². The fraction of sp³-hybridized carbons (Fsp3) is 0.364. The highest BCUT2D eigenvalue weighted by Crippen LogP contribution is 2.37. The van der Waals surface area contributed by atoms with Gasteiger partial charge in [0.05, 0.1) is 13.1 Å². The second-order valence-corrected chi connectivity index (χ2v) is 8.95. The van der Waals surface area contributed by atoms with Crippen molar-refractivity contribution in [1.29, 1.82) is 0 Å². The molecule has 1 fully saturated rings. The molecule has 2 heterocycles. The van der Waals surface area contributed by atoms with Crippen molar-refractivity contribution in [2.45, 2.75) is 43.3 Å². The number of rotatable bonds is 7. The Bertz CT molecular complexity index is 906. The van der Waals surface area contributed by atoms with E-state index < -0.39 is 0 Å². The van der Waals surface area contributed by atoms with E-state index >= 15 is 0 Å². The first kappa shape index (κ1) is 19.5. The summed E-state index contributed by atoms with van der Waals surface area (Å²) in [4.78, 5) is 2.47. The Labute approximate surface area is 175 Å². The van der Waals surface area contributed by atoms with Crippen molar-refractivity contribution in [1.82, 2.24) is 19.7 Å². The SMILES string of the molecule is CC(Sc1nnc(CN2CCCC2)n1Cc1ccccc1)c1ccccc1Cl. The maximum absolute atomic E-state index is 6.41. The molecule has 0 aliphatic carbocycles. The van der Waals surface area contributed by atoms with Crippen molar-refractivity contribution in [3.63, 3.8) is 0 Å². The second-order valence-electron chi connectivity index (χ2n) is 7.24. The Balaban J connectivity index is 1.60. The van der Waals surface area contributed by atoms with Crippen molar-refractivity contribution < 1.29 is 0 Å². The summed E-state index contributed by atoms with van der Waals surface area (Å²) >= 11 is 8.13. The van der Waals surface area contributed by atoms with Crippen LogP contribution in [0.25, 0.3) is 0 Å². The number of likely N-dealkylation sites (tertiary alicyclic amines) is 1. The highest BCUT2D eigenvalue weighted by molar-refractivity contribution is 7.99. The topological polar surface area (TPSA) is 34.0 Å². The van der Waals surface area contributed by atoms with Crippen LogP contribution in [0.1, 0.15) is 42.0 Å². The Morgan fingerprint density at radius 3 is 2.43 bits per heavy atom. The summed E-state index contributed by atoms with van der Waals surface area (Å²) in [5.74, 6) is 1.04. The normalized spacial score (nSPS) is 15.8. The van der Waals surface area contributed by atoms with Gasteiger partial charge in [0.15, 0.2) is 5.16 Å². The molecule has 28 heavy (non-hydrogen) atoms. The number of hydrogen-bond donors (Lipinski definition) is 0. The third kappa shape index (κ3) is 4.59. The van der Waals surface area contributed by atoms with Gasteiger partial charge in [-0.15, -0.1) is 10.2 Å². The molecule has 4 nitrogen and oxygen atoms in total. The molecule has 1 saturated heterocycles. The molecule has 1 aliphatic rings. The molecule has 146 valence electrons. The van der Waals surface area contributed by atoms with Gasteiger partial charge in [0.25, 0.3) is 0 Å². The van der Waals surface area contributed by atoms with Crippen LogP contribution >= 0.6 is 23.4 Å². The highest BCUT2D eigenvalue weighted by atomic mass is 35.5. The lowest BCUT2D eigenvalue weighted by molar-refractivity contribution is 0.316. The van der Waals surface area contributed by atoms with Gasteiger partial charge in [0.1, 0.15) is 5.82 Å². The molecule has 6 heteroatoms. The minimum Gasteiger partial charge on any atom is -0.300 e. The average Bonchev–Trinajstić information content (AvgIpc) is 3.35. The summed E-state index contributed by atoms with van der Waals surface area (Å²) in [5.41, 5.74) is 2.39. The fourth-order valence-electron chi connectivity index (χ4n) is 3.62. The predicted octanol–water partition coefficient (Wildman–Crippen LogP) is 5.43. The van der Waals surface area contributed by atoms with Crippen molar-refractivity contribution in [3.8, 4) is 0 Å². The second kappa shape index (κ2) is 9.12. The monoisotopic (exact) mass is 412 g/mol. The maximum atomic E-state index is 6.41. The largest absolute Gasteiger partial charge is 0.300 e. The number of halogens is 1. The van der Waals surface area contributed by atoms with Gasteiger partial charge in [-0.05, 0) is 50.0 Å². The Morgan fingerprint density at radius 1 is 0.964 bits per heavy atom. The Hall–Kier alpha value is -1.82. The quantitative estimate of drug-likeness (QED) is 0.484. The van der Waals surface area contributed by atoms with E-state index in [4.69, 9.17) is 11.6 Å². The number of hydrogen-bond acceptors (Lipinski definition) is 4. The van der Waals surface area contributed by atoms with E-state index in [0.717, 1.165) is 47.7 Å². The van der Waals surface area contributed by atoms with E-state index in [1.807, 2.05) is 18.2 Å². The van der Waals surface area contributed by atoms with Gasteiger partial charge >= 0.3 is 0 Å². The molecule has 0 spiro atoms. The summed E-state index contributed by atoms with van der Waals surface area (Å²) in [5, 5.41) is 11.1. The number of nitrogens with zero attached hydrogens (tertiary/aromatic N) is 4. The van der Waals surface area contributed by atoms with Crippen LogP contribution < -0.4 is 0 Å². The van der Waals surface area contributed by atoms with Crippen molar-refractivity contribution in [2.24, 2.45) is 0 Å². The smallest absolute Gasteiger partial charge is 0.192 e. The molecule has 1 aromatic heterocycles. The zero-order valence-corrected chi connectivity index (χ0v) is 17.7. The van der Waals surface area contributed by atoms with E-state index in [9.17, 15) is 0 Å². The number of aromatic nitrogens is 3. The molecule has 1 unspecified atom stereocenters. The van der Waals surface area contributed by atoms with Gasteiger partial charge in [-0.25, -0.2) is 0 Å². The molecule has 2 aromatic carbocycles. The molecule has 1 atom stereocenters. The van der Waals surface area contributed by atoms with Crippen LogP contribution in [0.15, 0.2) is 59.8 Å². The van der Waals surface area contributed by atoms with Gasteiger partial charge in [-0.1, -0.05) is 71.9 Å². The summed E-state index contributed by atoms with van der Waals surface area (Å²) in [6.45, 7) is 6.12. The van der Waals surface area contributed by atoms with Crippen LogP contribution in [0.4, 0.5) is 0 Å². The molecular weight excluding hydrogens is 388 g/mol. The molecule has 1 aliphatic heterocycles. The van der Waals surface area contributed by atoms with Gasteiger partial charge in [-0.3, -0.25) is 4.90 Å². The van der Waals surface area contributed by atoms with E-state index in [1.165, 1.54) is 18.4 Å². The standard InChI is InChI=1S/C22H25ClN4S/c1-17(19-11-5-6-12-20(19)23)28-22-25-24-21(16-26-13-7-8-14-26)27(22)15-18-9-3-2-4-10-18/h2-6,9-12,17H,7-8,13-16H2,1H3. The Morgan fingerprint density at radius 2 is 1.68 bits per heavy atom. The summed E-state index contributed by atoms with van der Waals surface area (Å²) < 4.78 is 2.27. The lowest BCUT2D eigenvalue weighted by Gasteiger charge is -2.17. The lowest BCUT2D eigenvalue weighted by Crippen LogP contribution is -2.21. The molecular formula is C22H25ClN4S. The van der Waals surface area contributed by atoms with Gasteiger partial charge < -0.3 is 4.57 Å². The predicted molar refractivity (Wildman–Crippen MR) is 116 cm³/mol. The number of thioether (sulfide) groups is 1. The van der Waals surface area contributed by atoms with E-state index in [0.29, 0.717) is 0 Å². The van der Waals surface area contributed by atoms with E-state index in [1.54, 1.807) is 11.8 Å². The fourth-order valence-corrected chi connectivity index (χ4v) is 5.01. The molecule has 3 aromatic rings. The van der Waals surface area contributed by atoms with Crippen LogP contribution in [0.5, 0.6) is 0 Å². The molecule has 4 rings (SSSR count). The maximum Gasteiger partial charge on any atom is 0.192 e. The van der Waals surface area contributed by atoms with E-state index in [-0.39, 0.29) is 5.25 Å². The zero-order chi connectivity index (χ0) is 19.3. The molecule has 0 bridgehead atoms. The minimum atomic E-state index is 0.201. The highest BCUT2D eigenvalue weighted by Gasteiger charge is 2.21. The van der Waals surface area contributed by atoms with Crippen LogP contribution in [-0.2, 0) is 13.1 Å². The Kier molecular flexibility index (Phi) is 6.35. The molecule has 0 amide bonds. The van der Waals surface area contributed by atoms with Crippen molar-refractivity contribution in [3.05, 3.63) is 76.6 Å². The van der Waals surface area contributed by atoms with Crippen LogP contribution in [0.2, 0.25) is 5.02 Å². The summed E-state index contributed by atoms with van der Waals surface area (Å²) in [7, 11) is 0. The molecule has 0 N–H and O–H groups in total. The van der Waals surface area contributed by atoms with Crippen LogP contribution in [0, 0.1) is 0 Å². The first-order valence-corrected chi connectivity index (χ1v) is 11.1. The van der Waals surface area contributed by atoms with Gasteiger partial charge in [0, 0.05) is 10.3 Å². The van der Waals surface area contributed by atoms with E-state index in [2.05, 4.69) is 63.0 Å². The van der Waals surface area contributed by atoms with Gasteiger partial charge in [-0.2, -0.15) is 0 Å². The molecule has 0 saturated carbocycles. The third-order valence-electron chi connectivity index (χ3n) is 5.17. The van der Waals surface area contributed by atoms with Crippen LogP contribution in [-0.4, -0.2) is 32.8 Å². The van der Waals surface area contributed by atoms with Gasteiger partial charge in [0.2, 0.25) is 0 Å². The van der Waals surface area contributed by atoms with Crippen LogP contribution in [0.3, 0.4) is 0 Å². The lowest BCUT2D eigenvalue weighted by atomic mass is 10.2. The molecule has 0 radical (unpaired) electrons. The average molecular weight is 413 g/mol. The summed E-state index contributed by atoms with van der Waals surface area (Å²) in [6, 6.07) is 18.6. The summed E-state index contributed by atoms with van der Waals surface area (Å²) in [6.07, 6.45) is 2.55. The van der Waals surface area contributed by atoms with Crippen molar-refractivity contribution >= 4 is 23.4 Å². The first-order valence-electron chi connectivity index (χ1n) is 9.80. The number of benzene rings is 2. The minimum absolute atomic E-state index is 0.201. The zero-order valence-electron chi connectivity index (χ0n) is 16.1. The third-order valence-corrected chi connectivity index (χ3v) is 6.63.